The Morgan fingerprint density at radius 3 is 2.83 bits per heavy atom. The molecule has 1 aliphatic rings. The van der Waals surface area contributed by atoms with Crippen LogP contribution in [0.1, 0.15) is 20.3 Å². The number of aliphatic hydroxyl groups is 1. The highest BCUT2D eigenvalue weighted by atomic mass is 32.2. The van der Waals surface area contributed by atoms with Crippen molar-refractivity contribution in [2.24, 2.45) is 0 Å². The molecule has 1 heterocycles. The standard InChI is InChI=1S/C9H19NOS/c1-3-12-7-6-10-5-4-9(2,11)8-10/h11H,3-8H2,1-2H3. The lowest BCUT2D eigenvalue weighted by Crippen LogP contribution is -2.30. The molecule has 0 spiro atoms. The van der Waals surface area contributed by atoms with Crippen LogP contribution in [0.15, 0.2) is 0 Å². The number of hydrogen-bond acceptors (Lipinski definition) is 3. The van der Waals surface area contributed by atoms with Gasteiger partial charge in [0.25, 0.3) is 0 Å². The van der Waals surface area contributed by atoms with Gasteiger partial charge in [0, 0.05) is 25.4 Å². The van der Waals surface area contributed by atoms with Crippen molar-refractivity contribution < 1.29 is 5.11 Å². The maximum atomic E-state index is 9.67. The van der Waals surface area contributed by atoms with Crippen molar-refractivity contribution in [1.29, 1.82) is 0 Å². The quantitative estimate of drug-likeness (QED) is 0.672. The number of nitrogens with zero attached hydrogens (tertiary/aromatic N) is 1. The van der Waals surface area contributed by atoms with E-state index in [-0.39, 0.29) is 0 Å². The predicted octanol–water partition coefficient (Wildman–Crippen LogP) is 1.20. The average molecular weight is 189 g/mol. The zero-order valence-corrected chi connectivity index (χ0v) is 8.86. The second kappa shape index (κ2) is 4.49. The van der Waals surface area contributed by atoms with Crippen molar-refractivity contribution >= 4 is 11.8 Å². The lowest BCUT2D eigenvalue weighted by Gasteiger charge is -2.18. The number of β-amino-alcohol motifs (C(OH)–C–C–N with tert-alkyl or cyclic N) is 1. The molecule has 1 atom stereocenters. The van der Waals surface area contributed by atoms with Gasteiger partial charge in [0.15, 0.2) is 0 Å². The molecule has 2 nitrogen and oxygen atoms in total. The SMILES string of the molecule is CCSCCN1CCC(C)(O)C1. The molecule has 12 heavy (non-hydrogen) atoms. The lowest BCUT2D eigenvalue weighted by molar-refractivity contribution is 0.0696. The van der Waals surface area contributed by atoms with Crippen LogP contribution in [0.2, 0.25) is 0 Å². The van der Waals surface area contributed by atoms with Crippen LogP contribution >= 0.6 is 11.8 Å². The summed E-state index contributed by atoms with van der Waals surface area (Å²) in [7, 11) is 0. The van der Waals surface area contributed by atoms with E-state index in [1.165, 1.54) is 11.5 Å². The van der Waals surface area contributed by atoms with Gasteiger partial charge in [0.05, 0.1) is 5.60 Å². The summed E-state index contributed by atoms with van der Waals surface area (Å²) in [6, 6.07) is 0. The predicted molar refractivity (Wildman–Crippen MR) is 54.7 cm³/mol. The Kier molecular flexibility index (Phi) is 3.87. The highest BCUT2D eigenvalue weighted by Crippen LogP contribution is 2.20. The first-order valence-corrected chi connectivity index (χ1v) is 5.82. The van der Waals surface area contributed by atoms with Crippen LogP contribution < -0.4 is 0 Å². The van der Waals surface area contributed by atoms with Gasteiger partial charge in [-0.15, -0.1) is 0 Å². The third-order valence-electron chi connectivity index (χ3n) is 2.29. The molecule has 1 fully saturated rings. The number of thioether (sulfide) groups is 1. The van der Waals surface area contributed by atoms with Gasteiger partial charge >= 0.3 is 0 Å². The van der Waals surface area contributed by atoms with E-state index in [0.717, 1.165) is 26.1 Å². The van der Waals surface area contributed by atoms with E-state index in [4.69, 9.17) is 0 Å². The summed E-state index contributed by atoms with van der Waals surface area (Å²) in [4.78, 5) is 2.35. The molecule has 1 aliphatic heterocycles. The summed E-state index contributed by atoms with van der Waals surface area (Å²) < 4.78 is 0. The monoisotopic (exact) mass is 189 g/mol. The van der Waals surface area contributed by atoms with Crippen LogP contribution in [0.3, 0.4) is 0 Å². The largest absolute Gasteiger partial charge is 0.389 e. The van der Waals surface area contributed by atoms with Gasteiger partial charge in [-0.05, 0) is 19.1 Å². The van der Waals surface area contributed by atoms with E-state index in [9.17, 15) is 5.11 Å². The zero-order valence-electron chi connectivity index (χ0n) is 8.05. The van der Waals surface area contributed by atoms with E-state index in [2.05, 4.69) is 11.8 Å². The molecule has 0 aromatic carbocycles. The molecule has 0 radical (unpaired) electrons. The summed E-state index contributed by atoms with van der Waals surface area (Å²) in [5.74, 6) is 2.40. The topological polar surface area (TPSA) is 23.5 Å². The van der Waals surface area contributed by atoms with E-state index in [0.29, 0.717) is 0 Å². The van der Waals surface area contributed by atoms with Crippen LogP contribution in [0.5, 0.6) is 0 Å². The van der Waals surface area contributed by atoms with Gasteiger partial charge in [0.1, 0.15) is 0 Å². The normalized spacial score (nSPS) is 31.2. The highest BCUT2D eigenvalue weighted by Gasteiger charge is 2.30. The fraction of sp³-hybridized carbons (Fsp3) is 1.00. The first-order valence-electron chi connectivity index (χ1n) is 4.66. The molecule has 0 amide bonds. The smallest absolute Gasteiger partial charge is 0.0758 e. The van der Waals surface area contributed by atoms with Crippen LogP contribution in [0, 0.1) is 0 Å². The zero-order chi connectivity index (χ0) is 9.03. The van der Waals surface area contributed by atoms with Crippen molar-refractivity contribution in [2.75, 3.05) is 31.1 Å². The third-order valence-corrected chi connectivity index (χ3v) is 3.17. The van der Waals surface area contributed by atoms with Crippen LogP contribution in [0.4, 0.5) is 0 Å². The minimum atomic E-state index is -0.420. The maximum absolute atomic E-state index is 9.67. The van der Waals surface area contributed by atoms with E-state index < -0.39 is 5.60 Å². The Morgan fingerprint density at radius 2 is 2.33 bits per heavy atom. The lowest BCUT2D eigenvalue weighted by atomic mass is 10.1. The second-order valence-corrected chi connectivity index (χ2v) is 5.11. The van der Waals surface area contributed by atoms with Crippen molar-refractivity contribution in [3.63, 3.8) is 0 Å². The van der Waals surface area contributed by atoms with Crippen LogP contribution in [-0.2, 0) is 0 Å². The Hall–Kier alpha value is 0.270. The molecule has 0 aliphatic carbocycles. The molecule has 1 saturated heterocycles. The molecular formula is C9H19NOS. The molecule has 0 aromatic rings. The Labute approximate surface area is 79.3 Å². The second-order valence-electron chi connectivity index (χ2n) is 3.72. The van der Waals surface area contributed by atoms with Crippen molar-refractivity contribution in [1.82, 2.24) is 4.90 Å². The van der Waals surface area contributed by atoms with Crippen LogP contribution in [-0.4, -0.2) is 46.7 Å². The molecule has 1 N–H and O–H groups in total. The molecule has 72 valence electrons. The Morgan fingerprint density at radius 1 is 1.58 bits per heavy atom. The first kappa shape index (κ1) is 10.4. The van der Waals surface area contributed by atoms with Gasteiger partial charge in [-0.2, -0.15) is 11.8 Å². The molecule has 1 unspecified atom stereocenters. The van der Waals surface area contributed by atoms with E-state index >= 15 is 0 Å². The average Bonchev–Trinajstić information content (AvgIpc) is 2.31. The Balaban J connectivity index is 2.11. The van der Waals surface area contributed by atoms with E-state index in [1.807, 2.05) is 18.7 Å². The minimum absolute atomic E-state index is 0.420. The van der Waals surface area contributed by atoms with Crippen molar-refractivity contribution in [3.8, 4) is 0 Å². The minimum Gasteiger partial charge on any atom is -0.389 e. The summed E-state index contributed by atoms with van der Waals surface area (Å²) >= 11 is 1.97. The number of rotatable bonds is 4. The fourth-order valence-corrected chi connectivity index (χ4v) is 2.24. The van der Waals surface area contributed by atoms with Crippen LogP contribution in [0.25, 0.3) is 0 Å². The number of hydrogen-bond donors (Lipinski definition) is 1. The summed E-state index contributed by atoms with van der Waals surface area (Å²) in [5.41, 5.74) is -0.420. The fourth-order valence-electron chi connectivity index (χ4n) is 1.57. The molecule has 0 aromatic heterocycles. The highest BCUT2D eigenvalue weighted by molar-refractivity contribution is 7.99. The number of likely N-dealkylation sites (tertiary alicyclic amines) is 1. The molecule has 1 rings (SSSR count). The molecule has 0 bridgehead atoms. The van der Waals surface area contributed by atoms with Crippen molar-refractivity contribution in [2.45, 2.75) is 25.9 Å². The summed E-state index contributed by atoms with van der Waals surface area (Å²) in [5, 5.41) is 9.67. The molecule has 0 saturated carbocycles. The maximum Gasteiger partial charge on any atom is 0.0758 e. The van der Waals surface area contributed by atoms with Gasteiger partial charge in [-0.25, -0.2) is 0 Å². The van der Waals surface area contributed by atoms with Gasteiger partial charge in [-0.3, -0.25) is 4.90 Å². The Bertz CT molecular complexity index is 138. The van der Waals surface area contributed by atoms with Gasteiger partial charge < -0.3 is 5.11 Å². The van der Waals surface area contributed by atoms with Crippen molar-refractivity contribution in [3.05, 3.63) is 0 Å². The third kappa shape index (κ3) is 3.33. The molecule has 3 heteroatoms. The van der Waals surface area contributed by atoms with E-state index in [1.54, 1.807) is 0 Å². The van der Waals surface area contributed by atoms with Gasteiger partial charge in [-0.1, -0.05) is 6.92 Å². The summed E-state index contributed by atoms with van der Waals surface area (Å²) in [6.45, 7) is 7.17. The van der Waals surface area contributed by atoms with Gasteiger partial charge in [0.2, 0.25) is 0 Å². The first-order chi connectivity index (χ1) is 5.64. The molecular weight excluding hydrogens is 170 g/mol. The summed E-state index contributed by atoms with van der Waals surface area (Å²) in [6.07, 6.45) is 0.934.